The minimum Gasteiger partial charge on any atom is -0.466 e. The van der Waals surface area contributed by atoms with E-state index in [1.807, 2.05) is 66.7 Å². The van der Waals surface area contributed by atoms with E-state index >= 15 is 0 Å². The van der Waals surface area contributed by atoms with E-state index < -0.39 is 12.2 Å². The molecule has 1 aromatic heterocycles. The van der Waals surface area contributed by atoms with Gasteiger partial charge in [-0.25, -0.2) is 4.79 Å². The molecule has 0 aliphatic heterocycles. The number of carbonyl (C=O) groups excluding carboxylic acids is 2. The van der Waals surface area contributed by atoms with E-state index in [1.165, 1.54) is 0 Å². The van der Waals surface area contributed by atoms with Crippen molar-refractivity contribution in [2.75, 3.05) is 11.9 Å². The van der Waals surface area contributed by atoms with Gasteiger partial charge in [0.05, 0.1) is 13.0 Å². The van der Waals surface area contributed by atoms with Crippen molar-refractivity contribution in [2.45, 2.75) is 33.3 Å². The van der Waals surface area contributed by atoms with Crippen LogP contribution in [0, 0.1) is 6.92 Å². The van der Waals surface area contributed by atoms with Crippen LogP contribution in [0.2, 0.25) is 0 Å². The van der Waals surface area contributed by atoms with Crippen LogP contribution in [0.25, 0.3) is 22.5 Å². The Morgan fingerprint density at radius 1 is 0.947 bits per heavy atom. The highest BCUT2D eigenvalue weighted by atomic mass is 79.9. The number of halogens is 2. The summed E-state index contributed by atoms with van der Waals surface area (Å²) in [7, 11) is 0. The minimum atomic E-state index is -0.610. The molecule has 0 aliphatic rings. The van der Waals surface area contributed by atoms with Crippen LogP contribution < -0.4 is 5.32 Å². The molecule has 0 radical (unpaired) electrons. The number of aryl methyl sites for hydroxylation is 1. The molecule has 4 aromatic rings. The van der Waals surface area contributed by atoms with Gasteiger partial charge in [0.2, 0.25) is 0 Å². The average Bonchev–Trinajstić information content (AvgIpc) is 3.23. The Balaban J connectivity index is 1.45. The number of hydrogen-bond donors (Lipinski definition) is 1. The Labute approximate surface area is 237 Å². The molecule has 1 heterocycles. The summed E-state index contributed by atoms with van der Waals surface area (Å²) in [6.07, 6.45) is -0.842. The third-order valence-electron chi connectivity index (χ3n) is 5.82. The molecule has 1 N–H and O–H groups in total. The van der Waals surface area contributed by atoms with Crippen LogP contribution in [0.4, 0.5) is 10.5 Å². The third kappa shape index (κ3) is 6.90. The molecule has 0 aliphatic carbocycles. The largest absolute Gasteiger partial charge is 0.466 e. The van der Waals surface area contributed by atoms with Gasteiger partial charge < -0.3 is 14.0 Å². The van der Waals surface area contributed by atoms with Gasteiger partial charge >= 0.3 is 12.1 Å². The lowest BCUT2D eigenvalue weighted by Crippen LogP contribution is -2.16. The second-order valence-corrected chi connectivity index (χ2v) is 10.4. The SMILES string of the molecule is CCOC(=O)Cc1ccc(-c2ccc(-c3onc(C)c3NC(=O)OC(C)c3cc(Br)cc(Br)c3)cc2)cc1. The molecular formula is C29H26Br2N2O5. The molecule has 0 saturated carbocycles. The molecule has 196 valence electrons. The number of aromatic nitrogens is 1. The zero-order chi connectivity index (χ0) is 27.2. The summed E-state index contributed by atoms with van der Waals surface area (Å²) in [5, 5.41) is 6.82. The molecule has 1 unspecified atom stereocenters. The Kier molecular flexibility index (Phi) is 9.01. The molecule has 0 saturated heterocycles. The fraction of sp³-hybridized carbons (Fsp3) is 0.207. The Morgan fingerprint density at radius 3 is 2.13 bits per heavy atom. The smallest absolute Gasteiger partial charge is 0.412 e. The summed E-state index contributed by atoms with van der Waals surface area (Å²) in [5.41, 5.74) is 5.49. The van der Waals surface area contributed by atoms with Crippen molar-refractivity contribution in [1.29, 1.82) is 0 Å². The lowest BCUT2D eigenvalue weighted by molar-refractivity contribution is -0.142. The van der Waals surface area contributed by atoms with Crippen LogP contribution in [0.15, 0.2) is 80.2 Å². The number of carbonyl (C=O) groups is 2. The maximum atomic E-state index is 12.7. The molecule has 7 nitrogen and oxygen atoms in total. The van der Waals surface area contributed by atoms with Crippen LogP contribution in [-0.4, -0.2) is 23.8 Å². The van der Waals surface area contributed by atoms with Gasteiger partial charge in [0.25, 0.3) is 0 Å². The standard InChI is InChI=1S/C29H26Br2N2O5/c1-4-36-26(34)13-19-5-7-20(8-6-19)21-9-11-22(12-10-21)28-27(17(2)33-38-28)32-29(35)37-18(3)23-14-24(30)16-25(31)15-23/h5-12,14-16,18H,4,13H2,1-3H3,(H,32,35). The predicted molar refractivity (Wildman–Crippen MR) is 153 cm³/mol. The van der Waals surface area contributed by atoms with E-state index in [4.69, 9.17) is 14.0 Å². The molecule has 0 fully saturated rings. The van der Waals surface area contributed by atoms with Crippen LogP contribution in [-0.2, 0) is 20.7 Å². The summed E-state index contributed by atoms with van der Waals surface area (Å²) in [4.78, 5) is 24.4. The van der Waals surface area contributed by atoms with Crippen LogP contribution in [0.1, 0.15) is 36.8 Å². The number of ether oxygens (including phenoxy) is 2. The van der Waals surface area contributed by atoms with Crippen molar-refractivity contribution >= 4 is 49.6 Å². The molecule has 38 heavy (non-hydrogen) atoms. The highest BCUT2D eigenvalue weighted by Crippen LogP contribution is 2.33. The number of hydrogen-bond acceptors (Lipinski definition) is 6. The molecule has 0 spiro atoms. The van der Waals surface area contributed by atoms with Crippen LogP contribution >= 0.6 is 31.9 Å². The van der Waals surface area contributed by atoms with Gasteiger partial charge in [-0.15, -0.1) is 0 Å². The second-order valence-electron chi connectivity index (χ2n) is 8.60. The van der Waals surface area contributed by atoms with E-state index in [9.17, 15) is 9.59 Å². The zero-order valence-electron chi connectivity index (χ0n) is 21.1. The molecule has 4 rings (SSSR count). The molecule has 1 atom stereocenters. The maximum Gasteiger partial charge on any atom is 0.412 e. The number of esters is 1. The first-order chi connectivity index (χ1) is 18.2. The lowest BCUT2D eigenvalue weighted by atomic mass is 10.0. The van der Waals surface area contributed by atoms with Crippen LogP contribution in [0.3, 0.4) is 0 Å². The highest BCUT2D eigenvalue weighted by molar-refractivity contribution is 9.11. The van der Waals surface area contributed by atoms with Crippen LogP contribution in [0.5, 0.6) is 0 Å². The molecule has 0 bridgehead atoms. The summed E-state index contributed by atoms with van der Waals surface area (Å²) in [6.45, 7) is 5.72. The first kappa shape index (κ1) is 27.6. The van der Waals surface area contributed by atoms with Gasteiger partial charge in [-0.1, -0.05) is 85.5 Å². The Bertz CT molecular complexity index is 1410. The lowest BCUT2D eigenvalue weighted by Gasteiger charge is -2.15. The van der Waals surface area contributed by atoms with Crippen molar-refractivity contribution < 1.29 is 23.6 Å². The van der Waals surface area contributed by atoms with Gasteiger partial charge in [0.15, 0.2) is 5.76 Å². The van der Waals surface area contributed by atoms with Crippen molar-refractivity contribution in [1.82, 2.24) is 5.16 Å². The van der Waals surface area contributed by atoms with E-state index in [0.717, 1.165) is 36.8 Å². The van der Waals surface area contributed by atoms with Crippen molar-refractivity contribution in [3.63, 3.8) is 0 Å². The van der Waals surface area contributed by atoms with Gasteiger partial charge in [-0.2, -0.15) is 0 Å². The summed E-state index contributed by atoms with van der Waals surface area (Å²) < 4.78 is 17.9. The molecular weight excluding hydrogens is 616 g/mol. The fourth-order valence-electron chi connectivity index (χ4n) is 3.89. The van der Waals surface area contributed by atoms with Gasteiger partial charge in [0.1, 0.15) is 17.5 Å². The Hall–Kier alpha value is -3.43. The quantitative estimate of drug-likeness (QED) is 0.195. The van der Waals surface area contributed by atoms with Crippen molar-refractivity contribution in [3.8, 4) is 22.5 Å². The molecule has 9 heteroatoms. The summed E-state index contributed by atoms with van der Waals surface area (Å²) in [5.74, 6) is 0.199. The minimum absolute atomic E-state index is 0.240. The number of benzene rings is 3. The monoisotopic (exact) mass is 640 g/mol. The fourth-order valence-corrected chi connectivity index (χ4v) is 5.22. The number of amides is 1. The van der Waals surface area contributed by atoms with Gasteiger partial charge in [-0.3, -0.25) is 10.1 Å². The summed E-state index contributed by atoms with van der Waals surface area (Å²) in [6, 6.07) is 21.2. The number of anilines is 1. The first-order valence-electron chi connectivity index (χ1n) is 12.0. The molecule has 1 amide bonds. The van der Waals surface area contributed by atoms with Crippen molar-refractivity contribution in [2.24, 2.45) is 0 Å². The highest BCUT2D eigenvalue weighted by Gasteiger charge is 2.20. The van der Waals surface area contributed by atoms with E-state index in [1.54, 1.807) is 20.8 Å². The zero-order valence-corrected chi connectivity index (χ0v) is 24.3. The van der Waals surface area contributed by atoms with Gasteiger partial charge in [0, 0.05) is 14.5 Å². The number of nitrogens with zero attached hydrogens (tertiary/aromatic N) is 1. The molecule has 3 aromatic carbocycles. The topological polar surface area (TPSA) is 90.7 Å². The van der Waals surface area contributed by atoms with E-state index in [2.05, 4.69) is 42.3 Å². The maximum absolute atomic E-state index is 12.7. The second kappa shape index (κ2) is 12.4. The van der Waals surface area contributed by atoms with Crippen molar-refractivity contribution in [3.05, 3.63) is 92.5 Å². The summed E-state index contributed by atoms with van der Waals surface area (Å²) >= 11 is 6.91. The normalized spacial score (nSPS) is 11.6. The number of nitrogens with one attached hydrogen (secondary N) is 1. The average molecular weight is 642 g/mol. The van der Waals surface area contributed by atoms with E-state index in [0.29, 0.717) is 23.7 Å². The number of rotatable bonds is 8. The third-order valence-corrected chi connectivity index (χ3v) is 6.73. The van der Waals surface area contributed by atoms with E-state index in [-0.39, 0.29) is 12.4 Å². The van der Waals surface area contributed by atoms with Gasteiger partial charge in [-0.05, 0) is 61.2 Å². The first-order valence-corrected chi connectivity index (χ1v) is 13.6. The predicted octanol–water partition coefficient (Wildman–Crippen LogP) is 8.26. The Morgan fingerprint density at radius 2 is 1.53 bits per heavy atom.